The zero-order valence-electron chi connectivity index (χ0n) is 30.3. The summed E-state index contributed by atoms with van der Waals surface area (Å²) in [5.41, 5.74) is 1.51. The molecule has 274 valence electrons. The van der Waals surface area contributed by atoms with Crippen LogP contribution in [0.25, 0.3) is 22.2 Å². The molecular formula is C40H46F2N6O4. The largest absolute Gasteiger partial charge is 0.488 e. The second-order valence-corrected chi connectivity index (χ2v) is 15.8. The fourth-order valence-corrected chi connectivity index (χ4v) is 8.64. The van der Waals surface area contributed by atoms with Crippen LogP contribution < -0.4 is 14.4 Å². The molecule has 4 aromatic rings. The summed E-state index contributed by atoms with van der Waals surface area (Å²) in [6, 6.07) is 15.3. The molecule has 2 aromatic heterocycles. The lowest BCUT2D eigenvalue weighted by Crippen LogP contribution is -2.57. The first-order chi connectivity index (χ1) is 25.0. The van der Waals surface area contributed by atoms with E-state index in [0.717, 1.165) is 43.4 Å². The number of aryl methyl sites for hydroxylation is 1. The maximum Gasteiger partial charge on any atom is 0.410 e. The van der Waals surface area contributed by atoms with E-state index in [0.29, 0.717) is 55.2 Å². The molecule has 0 saturated carbocycles. The number of alkyl halides is 1. The van der Waals surface area contributed by atoms with E-state index < -0.39 is 23.1 Å². The Labute approximate surface area is 303 Å². The van der Waals surface area contributed by atoms with Crippen LogP contribution in [0.1, 0.15) is 64.0 Å². The van der Waals surface area contributed by atoms with Crippen LogP contribution in [0.5, 0.6) is 11.8 Å². The minimum Gasteiger partial charge on any atom is -0.488 e. The van der Waals surface area contributed by atoms with Gasteiger partial charge in [0.05, 0.1) is 23.0 Å². The summed E-state index contributed by atoms with van der Waals surface area (Å²) in [5, 5.41) is 0.449. The summed E-state index contributed by atoms with van der Waals surface area (Å²) in [5.74, 6) is 0.405. The Morgan fingerprint density at radius 1 is 1.00 bits per heavy atom. The molecule has 2 unspecified atom stereocenters. The number of carbonyl (C=O) groups is 1. The fourth-order valence-electron chi connectivity index (χ4n) is 8.64. The van der Waals surface area contributed by atoms with Gasteiger partial charge in [0.25, 0.3) is 0 Å². The standard InChI is InChI=1S/C40H46F2N6O4/c1-25-10-8-13-31(50-23-26-11-6-5-7-12-26)32(25)35-33(42)34-30(19-43-35)36(45-37(44-34)51-24-40-16-9-17-47(40)20-27(41)18-40)46-21-28-14-15-29(22-46)48(28)38(49)52-39(2,3)4/h5-8,10-13,19,27-29H,9,14-18,20-24H2,1-4H3/t27-,28?,29?,40+/m1/s1. The molecule has 2 bridgehead atoms. The number of carbonyl (C=O) groups excluding carboxylic acids is 1. The van der Waals surface area contributed by atoms with Crippen molar-refractivity contribution >= 4 is 22.8 Å². The minimum absolute atomic E-state index is 0.0364. The number of fused-ring (bicyclic) bond motifs is 4. The molecule has 0 spiro atoms. The lowest BCUT2D eigenvalue weighted by molar-refractivity contribution is 0.0122. The molecule has 4 atom stereocenters. The molecule has 2 aromatic carbocycles. The number of pyridine rings is 1. The molecule has 4 aliphatic rings. The fraction of sp³-hybridized carbons (Fsp3) is 0.500. The molecule has 12 heteroatoms. The van der Waals surface area contributed by atoms with E-state index in [-0.39, 0.29) is 42.0 Å². The van der Waals surface area contributed by atoms with Gasteiger partial charge in [0.2, 0.25) is 0 Å². The van der Waals surface area contributed by atoms with Gasteiger partial charge < -0.3 is 19.1 Å². The van der Waals surface area contributed by atoms with Crippen LogP contribution >= 0.6 is 0 Å². The second-order valence-electron chi connectivity index (χ2n) is 15.8. The molecule has 4 saturated heterocycles. The third-order valence-corrected chi connectivity index (χ3v) is 11.0. The molecule has 6 heterocycles. The monoisotopic (exact) mass is 712 g/mol. The summed E-state index contributed by atoms with van der Waals surface area (Å²) in [6.45, 7) is 10.2. The van der Waals surface area contributed by atoms with E-state index in [1.165, 1.54) is 0 Å². The molecule has 4 aliphatic heterocycles. The SMILES string of the molecule is Cc1cccc(OCc2ccccc2)c1-c1ncc2c(N3CC4CCC(C3)N4C(=O)OC(C)(C)C)nc(OC[C@@]34CCCN3C[C@H](F)C4)nc2c1F. The zero-order chi connectivity index (χ0) is 36.2. The first-order valence-corrected chi connectivity index (χ1v) is 18.4. The Morgan fingerprint density at radius 3 is 2.52 bits per heavy atom. The Bertz CT molecular complexity index is 1960. The van der Waals surface area contributed by atoms with Gasteiger partial charge in [-0.15, -0.1) is 0 Å². The number of nitrogens with zero attached hydrogens (tertiary/aromatic N) is 6. The Balaban J connectivity index is 1.17. The third kappa shape index (κ3) is 6.50. The maximum absolute atomic E-state index is 17.1. The second kappa shape index (κ2) is 13.4. The first kappa shape index (κ1) is 34.5. The molecule has 1 amide bonds. The predicted molar refractivity (Wildman–Crippen MR) is 194 cm³/mol. The topological polar surface area (TPSA) is 93.2 Å². The number of benzene rings is 2. The van der Waals surface area contributed by atoms with E-state index >= 15 is 4.39 Å². The van der Waals surface area contributed by atoms with Crippen LogP contribution in [0.3, 0.4) is 0 Å². The number of ether oxygens (including phenoxy) is 3. The normalized spacial score (nSPS) is 24.4. The molecule has 10 nitrogen and oxygen atoms in total. The summed E-state index contributed by atoms with van der Waals surface area (Å²) in [6.07, 6.45) is 4.24. The highest BCUT2D eigenvalue weighted by Gasteiger charge is 2.50. The van der Waals surface area contributed by atoms with Crippen LogP contribution in [0.15, 0.2) is 54.7 Å². The Morgan fingerprint density at radius 2 is 1.77 bits per heavy atom. The van der Waals surface area contributed by atoms with Gasteiger partial charge in [-0.25, -0.2) is 13.6 Å². The molecule has 0 radical (unpaired) electrons. The highest BCUT2D eigenvalue weighted by Crippen LogP contribution is 2.42. The van der Waals surface area contributed by atoms with E-state index in [2.05, 4.69) is 14.8 Å². The number of rotatable bonds is 8. The molecule has 0 aliphatic carbocycles. The number of halogens is 2. The number of piperazine rings is 1. The lowest BCUT2D eigenvalue weighted by atomic mass is 9.95. The van der Waals surface area contributed by atoms with E-state index in [1.54, 1.807) is 6.20 Å². The van der Waals surface area contributed by atoms with Crippen molar-refractivity contribution in [2.45, 2.75) is 95.8 Å². The Kier molecular flexibility index (Phi) is 8.92. The quantitative estimate of drug-likeness (QED) is 0.187. The van der Waals surface area contributed by atoms with Gasteiger partial charge in [0.15, 0.2) is 5.82 Å². The van der Waals surface area contributed by atoms with Crippen molar-refractivity contribution < 1.29 is 27.8 Å². The summed E-state index contributed by atoms with van der Waals surface area (Å²) in [7, 11) is 0. The van der Waals surface area contributed by atoms with Gasteiger partial charge in [-0.2, -0.15) is 9.97 Å². The number of hydrogen-bond acceptors (Lipinski definition) is 9. The van der Waals surface area contributed by atoms with E-state index in [1.807, 2.05) is 81.1 Å². The summed E-state index contributed by atoms with van der Waals surface area (Å²) < 4.78 is 50.1. The lowest BCUT2D eigenvalue weighted by Gasteiger charge is -2.42. The third-order valence-electron chi connectivity index (χ3n) is 11.0. The van der Waals surface area contributed by atoms with Crippen molar-refractivity contribution in [3.8, 4) is 23.0 Å². The van der Waals surface area contributed by atoms with Crippen molar-refractivity contribution in [3.63, 3.8) is 0 Å². The van der Waals surface area contributed by atoms with Gasteiger partial charge in [-0.3, -0.25) is 14.8 Å². The van der Waals surface area contributed by atoms with Crippen molar-refractivity contribution in [1.82, 2.24) is 24.8 Å². The number of aromatic nitrogens is 3. The highest BCUT2D eigenvalue weighted by atomic mass is 19.1. The predicted octanol–water partition coefficient (Wildman–Crippen LogP) is 7.26. The smallest absolute Gasteiger partial charge is 0.410 e. The van der Waals surface area contributed by atoms with Crippen molar-refractivity contribution in [3.05, 3.63) is 71.7 Å². The average molecular weight is 713 g/mol. The van der Waals surface area contributed by atoms with Crippen LogP contribution in [-0.2, 0) is 11.3 Å². The van der Waals surface area contributed by atoms with Gasteiger partial charge in [-0.1, -0.05) is 42.5 Å². The minimum atomic E-state index is -0.910. The van der Waals surface area contributed by atoms with Gasteiger partial charge >= 0.3 is 12.1 Å². The molecule has 8 rings (SSSR count). The molecule has 0 N–H and O–H groups in total. The maximum atomic E-state index is 17.1. The van der Waals surface area contributed by atoms with Gasteiger partial charge in [0.1, 0.15) is 47.8 Å². The van der Waals surface area contributed by atoms with Crippen molar-refractivity contribution in [1.29, 1.82) is 0 Å². The van der Waals surface area contributed by atoms with E-state index in [9.17, 15) is 9.18 Å². The van der Waals surface area contributed by atoms with Crippen LogP contribution in [-0.4, -0.2) is 93.0 Å². The summed E-state index contributed by atoms with van der Waals surface area (Å²) in [4.78, 5) is 33.7. The van der Waals surface area contributed by atoms with Crippen LogP contribution in [0.4, 0.5) is 19.4 Å². The number of hydrogen-bond donors (Lipinski definition) is 0. The molecule has 52 heavy (non-hydrogen) atoms. The number of anilines is 1. The van der Waals surface area contributed by atoms with Crippen LogP contribution in [0.2, 0.25) is 0 Å². The van der Waals surface area contributed by atoms with Crippen molar-refractivity contribution in [2.75, 3.05) is 37.7 Å². The highest BCUT2D eigenvalue weighted by molar-refractivity contribution is 5.93. The number of amides is 1. The van der Waals surface area contributed by atoms with Gasteiger partial charge in [0, 0.05) is 37.8 Å². The van der Waals surface area contributed by atoms with E-state index in [4.69, 9.17) is 24.2 Å². The van der Waals surface area contributed by atoms with Crippen molar-refractivity contribution in [2.24, 2.45) is 0 Å². The zero-order valence-corrected chi connectivity index (χ0v) is 30.3. The molecular weight excluding hydrogens is 666 g/mol. The first-order valence-electron chi connectivity index (χ1n) is 18.4. The average Bonchev–Trinajstić information content (AvgIpc) is 3.73. The van der Waals surface area contributed by atoms with Gasteiger partial charge in [-0.05, 0) is 77.1 Å². The van der Waals surface area contributed by atoms with Crippen LogP contribution in [0, 0.1) is 12.7 Å². The molecule has 4 fully saturated rings. The Hall–Kier alpha value is -4.58. The summed E-state index contributed by atoms with van der Waals surface area (Å²) >= 11 is 0.